The molecule has 9 heteroatoms. The summed E-state index contributed by atoms with van der Waals surface area (Å²) < 4.78 is 22.9. The molecule has 0 saturated carbocycles. The minimum atomic E-state index is -0.746. The highest BCUT2D eigenvalue weighted by Crippen LogP contribution is 2.29. The number of esters is 1. The third-order valence-electron chi connectivity index (χ3n) is 4.19. The van der Waals surface area contributed by atoms with Crippen LogP contribution in [0.5, 0.6) is 0 Å². The molecule has 26 heavy (non-hydrogen) atoms. The van der Waals surface area contributed by atoms with Gasteiger partial charge in [0.25, 0.3) is 0 Å². The van der Waals surface area contributed by atoms with Crippen LogP contribution in [0.4, 0.5) is 0 Å². The maximum atomic E-state index is 11.2. The summed E-state index contributed by atoms with van der Waals surface area (Å²) in [5.74, 6) is -0.429. The van der Waals surface area contributed by atoms with Crippen molar-refractivity contribution in [2.45, 2.75) is 76.9 Å². The van der Waals surface area contributed by atoms with Gasteiger partial charge in [0.05, 0.1) is 24.9 Å². The number of azide groups is 1. The van der Waals surface area contributed by atoms with E-state index in [2.05, 4.69) is 16.9 Å². The molecule has 1 fully saturated rings. The van der Waals surface area contributed by atoms with Crippen LogP contribution in [0.2, 0.25) is 0 Å². The molecule has 1 aliphatic rings. The van der Waals surface area contributed by atoms with Crippen LogP contribution in [0.15, 0.2) is 5.11 Å². The van der Waals surface area contributed by atoms with Crippen LogP contribution in [-0.4, -0.2) is 68.0 Å². The van der Waals surface area contributed by atoms with Crippen molar-refractivity contribution in [2.75, 3.05) is 26.4 Å². The number of hydrogen-bond donors (Lipinski definition) is 1. The van der Waals surface area contributed by atoms with E-state index in [4.69, 9.17) is 24.5 Å². The highest BCUT2D eigenvalue weighted by Gasteiger charge is 2.47. The molecule has 1 aliphatic heterocycles. The molecule has 0 bridgehead atoms. The zero-order chi connectivity index (χ0) is 19.4. The summed E-state index contributed by atoms with van der Waals surface area (Å²) in [6.07, 6.45) is 1.12. The van der Waals surface area contributed by atoms with Crippen molar-refractivity contribution in [3.05, 3.63) is 10.4 Å². The summed E-state index contributed by atoms with van der Waals surface area (Å²) in [4.78, 5) is 14.1. The quantitative estimate of drug-likeness (QED) is 0.184. The van der Waals surface area contributed by atoms with Gasteiger partial charge in [-0.15, -0.1) is 0 Å². The molecule has 0 aromatic heterocycles. The fraction of sp³-hybridized carbons (Fsp3) is 0.941. The zero-order valence-electron chi connectivity index (χ0n) is 15.9. The first-order chi connectivity index (χ1) is 12.6. The van der Waals surface area contributed by atoms with Gasteiger partial charge in [0, 0.05) is 25.0 Å². The van der Waals surface area contributed by atoms with Gasteiger partial charge in [-0.25, -0.2) is 0 Å². The summed E-state index contributed by atoms with van der Waals surface area (Å²) in [6.45, 7) is 6.03. The Labute approximate surface area is 154 Å². The Balaban J connectivity index is 3.02. The number of rotatable bonds is 12. The lowest BCUT2D eigenvalue weighted by molar-refractivity contribution is -0.226. The second kappa shape index (κ2) is 12.9. The van der Waals surface area contributed by atoms with E-state index in [1.165, 1.54) is 6.92 Å². The summed E-state index contributed by atoms with van der Waals surface area (Å²) >= 11 is 0. The average Bonchev–Trinajstić information content (AvgIpc) is 2.62. The Morgan fingerprint density at radius 2 is 1.77 bits per heavy atom. The van der Waals surface area contributed by atoms with Gasteiger partial charge in [-0.1, -0.05) is 31.8 Å². The second-order valence-corrected chi connectivity index (χ2v) is 6.27. The monoisotopic (exact) mass is 373 g/mol. The van der Waals surface area contributed by atoms with Gasteiger partial charge in [-0.2, -0.15) is 0 Å². The lowest BCUT2D eigenvalue weighted by atomic mass is 9.93. The minimum Gasteiger partial charge on any atom is -0.463 e. The van der Waals surface area contributed by atoms with Crippen molar-refractivity contribution >= 4 is 5.97 Å². The predicted octanol–water partition coefficient (Wildman–Crippen LogP) is 2.36. The maximum absolute atomic E-state index is 11.2. The lowest BCUT2D eigenvalue weighted by Gasteiger charge is -2.44. The van der Waals surface area contributed by atoms with Crippen LogP contribution in [0.25, 0.3) is 10.4 Å². The smallest absolute Gasteiger partial charge is 0.302 e. The first-order valence-electron chi connectivity index (χ1n) is 9.26. The van der Waals surface area contributed by atoms with Crippen LogP contribution >= 0.6 is 0 Å². The molecule has 3 unspecified atom stereocenters. The number of carbonyl (C=O) groups excluding carboxylic acids is 1. The third kappa shape index (κ3) is 7.09. The first-order valence-corrected chi connectivity index (χ1v) is 9.26. The molecule has 1 rings (SSSR count). The molecule has 0 spiro atoms. The van der Waals surface area contributed by atoms with E-state index in [1.54, 1.807) is 0 Å². The summed E-state index contributed by atoms with van der Waals surface area (Å²) in [5.41, 5.74) is 8.92. The maximum Gasteiger partial charge on any atom is 0.302 e. The second-order valence-electron chi connectivity index (χ2n) is 6.27. The molecule has 0 amide bonds. The van der Waals surface area contributed by atoms with Gasteiger partial charge in [-0.3, -0.25) is 4.79 Å². The van der Waals surface area contributed by atoms with E-state index in [1.807, 2.05) is 6.92 Å². The van der Waals surface area contributed by atoms with Crippen molar-refractivity contribution in [1.29, 1.82) is 0 Å². The van der Waals surface area contributed by atoms with Crippen molar-refractivity contribution in [3.8, 4) is 0 Å². The molecule has 0 aromatic rings. The highest BCUT2D eigenvalue weighted by molar-refractivity contribution is 5.65. The van der Waals surface area contributed by atoms with E-state index in [0.29, 0.717) is 13.2 Å². The number of hydrogen-bond acceptors (Lipinski definition) is 7. The molecular formula is C17H31N3O6. The number of aliphatic hydroxyl groups excluding tert-OH is 1. The topological polar surface area (TPSA) is 123 Å². The fourth-order valence-corrected chi connectivity index (χ4v) is 2.81. The predicted molar refractivity (Wildman–Crippen MR) is 94.6 cm³/mol. The Hall–Kier alpha value is -1.38. The summed E-state index contributed by atoms with van der Waals surface area (Å²) in [7, 11) is 0. The van der Waals surface area contributed by atoms with Crippen molar-refractivity contribution < 1.29 is 28.8 Å². The van der Waals surface area contributed by atoms with E-state index in [-0.39, 0.29) is 13.2 Å². The van der Waals surface area contributed by atoms with E-state index >= 15 is 0 Å². The van der Waals surface area contributed by atoms with Crippen molar-refractivity contribution in [1.82, 2.24) is 0 Å². The van der Waals surface area contributed by atoms with Crippen LogP contribution in [-0.2, 0) is 23.7 Å². The Morgan fingerprint density at radius 3 is 2.27 bits per heavy atom. The Bertz CT molecular complexity index is 458. The third-order valence-corrected chi connectivity index (χ3v) is 4.19. The van der Waals surface area contributed by atoms with Gasteiger partial charge >= 0.3 is 5.97 Å². The van der Waals surface area contributed by atoms with Gasteiger partial charge in [-0.05, 0) is 18.4 Å². The number of ether oxygens (including phenoxy) is 4. The molecule has 0 aliphatic carbocycles. The minimum absolute atomic E-state index is 0.0146. The summed E-state index contributed by atoms with van der Waals surface area (Å²) in [6, 6.07) is -0.720. The molecule has 9 nitrogen and oxygen atoms in total. The lowest BCUT2D eigenvalue weighted by Crippen LogP contribution is -2.60. The van der Waals surface area contributed by atoms with Gasteiger partial charge in [0.15, 0.2) is 0 Å². The molecule has 1 heterocycles. The van der Waals surface area contributed by atoms with E-state index < -0.39 is 36.4 Å². The van der Waals surface area contributed by atoms with Crippen LogP contribution < -0.4 is 0 Å². The normalized spacial score (nSPS) is 28.4. The number of carbonyl (C=O) groups is 1. The van der Waals surface area contributed by atoms with Crippen molar-refractivity contribution in [2.24, 2.45) is 5.11 Å². The van der Waals surface area contributed by atoms with Crippen LogP contribution in [0.3, 0.4) is 0 Å². The van der Waals surface area contributed by atoms with Crippen molar-refractivity contribution in [3.63, 3.8) is 0 Å². The molecule has 150 valence electrons. The van der Waals surface area contributed by atoms with Crippen LogP contribution in [0.1, 0.15) is 46.5 Å². The average molecular weight is 373 g/mol. The first kappa shape index (κ1) is 22.7. The number of unbranched alkanes of at least 4 members (excludes halogenated alkanes) is 2. The van der Waals surface area contributed by atoms with Crippen LogP contribution in [0, 0.1) is 0 Å². The Morgan fingerprint density at radius 1 is 1.15 bits per heavy atom. The summed E-state index contributed by atoms with van der Waals surface area (Å²) in [5, 5.41) is 13.4. The van der Waals surface area contributed by atoms with Gasteiger partial charge in [0.2, 0.25) is 0 Å². The largest absolute Gasteiger partial charge is 0.463 e. The molecule has 0 radical (unpaired) electrons. The SMILES string of the molecule is CCCCOC1C(N=[N+]=[N-])[C@H](CO)OC(COC(C)=O)[C@H]1OCCCC. The number of nitrogens with zero attached hydrogens (tertiary/aromatic N) is 3. The molecule has 0 aromatic carbocycles. The van der Waals surface area contributed by atoms with Gasteiger partial charge < -0.3 is 24.1 Å². The van der Waals surface area contributed by atoms with E-state index in [9.17, 15) is 9.90 Å². The molecule has 1 N–H and O–H groups in total. The number of aliphatic hydroxyl groups is 1. The Kier molecular flexibility index (Phi) is 11.2. The highest BCUT2D eigenvalue weighted by atomic mass is 16.6. The molecular weight excluding hydrogens is 342 g/mol. The van der Waals surface area contributed by atoms with Gasteiger partial charge in [0.1, 0.15) is 18.8 Å². The zero-order valence-corrected chi connectivity index (χ0v) is 15.9. The standard InChI is InChI=1S/C17H31N3O6/c1-4-6-8-23-16-14(11-25-12(3)22)26-13(10-21)15(19-20-18)17(16)24-9-7-5-2/h13-17,21H,4-11H2,1-3H3/t13-,14?,15?,16+,17?/m0/s1. The van der Waals surface area contributed by atoms with E-state index in [0.717, 1.165) is 25.7 Å². The molecule has 1 saturated heterocycles. The fourth-order valence-electron chi connectivity index (χ4n) is 2.81. The molecule has 5 atom stereocenters.